The van der Waals surface area contributed by atoms with E-state index in [2.05, 4.69) is 4.98 Å². The van der Waals surface area contributed by atoms with Crippen LogP contribution in [0.4, 0.5) is 19.0 Å². The molecule has 0 aliphatic carbocycles. The molecule has 0 saturated carbocycles. The molecule has 1 aromatic carbocycles. The number of aromatic nitrogens is 1. The molecule has 1 aliphatic rings. The molecule has 1 saturated heterocycles. The first-order valence-corrected chi connectivity index (χ1v) is 8.17. The lowest BCUT2D eigenvalue weighted by Crippen LogP contribution is -2.49. The van der Waals surface area contributed by atoms with Crippen molar-refractivity contribution in [1.82, 2.24) is 9.88 Å². The predicted molar refractivity (Wildman–Crippen MR) is 90.8 cm³/mol. The summed E-state index contributed by atoms with van der Waals surface area (Å²) in [5.74, 6) is -1.10. The van der Waals surface area contributed by atoms with E-state index < -0.39 is 17.7 Å². The molecule has 2 aromatic rings. The standard InChI is InChI=1S/C18H16F3N3O3/c19-18(20,21)13-5-3-12(4-6-13)16(25)24-10-8-23(9-11-24)15-14(17(26)27)2-1-7-22-15/h1-7H,8-11H2,(H,26,27). The molecule has 1 aromatic heterocycles. The summed E-state index contributed by atoms with van der Waals surface area (Å²) in [5.41, 5.74) is -0.541. The highest BCUT2D eigenvalue weighted by Gasteiger charge is 2.31. The fourth-order valence-electron chi connectivity index (χ4n) is 2.92. The van der Waals surface area contributed by atoms with Crippen LogP contribution in [0.25, 0.3) is 0 Å². The summed E-state index contributed by atoms with van der Waals surface area (Å²) in [4.78, 5) is 31.2. The molecule has 0 spiro atoms. The molecular formula is C18H16F3N3O3. The first-order chi connectivity index (χ1) is 12.8. The van der Waals surface area contributed by atoms with E-state index >= 15 is 0 Å². The molecule has 27 heavy (non-hydrogen) atoms. The number of aromatic carboxylic acids is 1. The van der Waals surface area contributed by atoms with E-state index in [9.17, 15) is 27.9 Å². The Bertz CT molecular complexity index is 845. The van der Waals surface area contributed by atoms with Crippen molar-refractivity contribution in [3.63, 3.8) is 0 Å². The summed E-state index contributed by atoms with van der Waals surface area (Å²) in [6.07, 6.45) is -2.95. The van der Waals surface area contributed by atoms with Gasteiger partial charge in [-0.2, -0.15) is 13.2 Å². The zero-order valence-corrected chi connectivity index (χ0v) is 14.1. The van der Waals surface area contributed by atoms with Gasteiger partial charge < -0.3 is 14.9 Å². The van der Waals surface area contributed by atoms with Gasteiger partial charge in [0.25, 0.3) is 5.91 Å². The zero-order chi connectivity index (χ0) is 19.6. The molecule has 1 N–H and O–H groups in total. The van der Waals surface area contributed by atoms with Crippen LogP contribution in [0.3, 0.4) is 0 Å². The maximum Gasteiger partial charge on any atom is 0.416 e. The number of hydrogen-bond donors (Lipinski definition) is 1. The van der Waals surface area contributed by atoms with Gasteiger partial charge in [-0.05, 0) is 36.4 Å². The summed E-state index contributed by atoms with van der Waals surface area (Å²) in [6.45, 7) is 1.39. The molecule has 1 aliphatic heterocycles. The van der Waals surface area contributed by atoms with Crippen LogP contribution in [0.2, 0.25) is 0 Å². The number of carbonyl (C=O) groups excluding carboxylic acids is 1. The van der Waals surface area contributed by atoms with E-state index in [-0.39, 0.29) is 17.0 Å². The van der Waals surface area contributed by atoms with E-state index in [1.54, 1.807) is 4.90 Å². The van der Waals surface area contributed by atoms with E-state index in [0.717, 1.165) is 12.1 Å². The van der Waals surface area contributed by atoms with Crippen LogP contribution in [-0.2, 0) is 6.18 Å². The van der Waals surface area contributed by atoms with Crippen LogP contribution in [0, 0.1) is 0 Å². The monoisotopic (exact) mass is 379 g/mol. The molecule has 3 rings (SSSR count). The zero-order valence-electron chi connectivity index (χ0n) is 14.1. The van der Waals surface area contributed by atoms with Gasteiger partial charge in [0, 0.05) is 37.9 Å². The number of amides is 1. The first-order valence-electron chi connectivity index (χ1n) is 8.17. The molecule has 0 radical (unpaired) electrons. The van der Waals surface area contributed by atoms with Gasteiger partial charge in [-0.15, -0.1) is 0 Å². The molecule has 6 nitrogen and oxygen atoms in total. The Labute approximate surface area is 152 Å². The molecule has 0 atom stereocenters. The van der Waals surface area contributed by atoms with Crippen molar-refractivity contribution in [1.29, 1.82) is 0 Å². The molecule has 0 unspecified atom stereocenters. The van der Waals surface area contributed by atoms with E-state index in [1.807, 2.05) is 0 Å². The third kappa shape index (κ3) is 4.02. The Morgan fingerprint density at radius 2 is 1.63 bits per heavy atom. The smallest absolute Gasteiger partial charge is 0.416 e. The van der Waals surface area contributed by atoms with Crippen molar-refractivity contribution in [3.8, 4) is 0 Å². The molecule has 1 amide bonds. The van der Waals surface area contributed by atoms with Crippen LogP contribution in [0.1, 0.15) is 26.3 Å². The Balaban J connectivity index is 1.67. The van der Waals surface area contributed by atoms with Crippen LogP contribution in [-0.4, -0.2) is 53.0 Å². The molecule has 0 bridgehead atoms. The average Bonchev–Trinajstić information content (AvgIpc) is 2.67. The summed E-state index contributed by atoms with van der Waals surface area (Å²) in [6, 6.07) is 7.10. The van der Waals surface area contributed by atoms with Crippen LogP contribution >= 0.6 is 0 Å². The van der Waals surface area contributed by atoms with Crippen LogP contribution in [0.15, 0.2) is 42.6 Å². The molecule has 1 fully saturated rings. The number of carbonyl (C=O) groups is 2. The fraction of sp³-hybridized carbons (Fsp3) is 0.278. The van der Waals surface area contributed by atoms with Crippen molar-refractivity contribution in [2.24, 2.45) is 0 Å². The number of hydrogen-bond acceptors (Lipinski definition) is 4. The lowest BCUT2D eigenvalue weighted by Gasteiger charge is -2.36. The van der Waals surface area contributed by atoms with Gasteiger partial charge in [0.15, 0.2) is 0 Å². The van der Waals surface area contributed by atoms with Crippen molar-refractivity contribution >= 4 is 17.7 Å². The van der Waals surface area contributed by atoms with Gasteiger partial charge in [-0.25, -0.2) is 9.78 Å². The SMILES string of the molecule is O=C(O)c1cccnc1N1CCN(C(=O)c2ccc(C(F)(F)F)cc2)CC1. The van der Waals surface area contributed by atoms with Crippen LogP contribution in [0.5, 0.6) is 0 Å². The number of carboxylic acid groups (broad SMARTS) is 1. The minimum Gasteiger partial charge on any atom is -0.478 e. The molecule has 2 heterocycles. The third-order valence-corrected chi connectivity index (χ3v) is 4.34. The number of rotatable bonds is 3. The minimum absolute atomic E-state index is 0.0833. The Kier molecular flexibility index (Phi) is 5.02. The summed E-state index contributed by atoms with van der Waals surface area (Å²) in [7, 11) is 0. The van der Waals surface area contributed by atoms with Gasteiger partial charge >= 0.3 is 12.1 Å². The van der Waals surface area contributed by atoms with Crippen molar-refractivity contribution in [3.05, 3.63) is 59.3 Å². The quantitative estimate of drug-likeness (QED) is 0.888. The summed E-state index contributed by atoms with van der Waals surface area (Å²) < 4.78 is 37.9. The first kappa shape index (κ1) is 18.7. The lowest BCUT2D eigenvalue weighted by atomic mass is 10.1. The molecular weight excluding hydrogens is 363 g/mol. The van der Waals surface area contributed by atoms with E-state index in [4.69, 9.17) is 0 Å². The normalized spacial score (nSPS) is 14.9. The van der Waals surface area contributed by atoms with Crippen molar-refractivity contribution in [2.75, 3.05) is 31.1 Å². The largest absolute Gasteiger partial charge is 0.478 e. The second-order valence-electron chi connectivity index (χ2n) is 6.03. The number of benzene rings is 1. The van der Waals surface area contributed by atoms with Gasteiger partial charge in [0.2, 0.25) is 0 Å². The number of halogens is 3. The number of pyridine rings is 1. The highest BCUT2D eigenvalue weighted by Crippen LogP contribution is 2.29. The van der Waals surface area contributed by atoms with E-state index in [1.165, 1.54) is 35.4 Å². The number of alkyl halides is 3. The second-order valence-corrected chi connectivity index (χ2v) is 6.03. The van der Waals surface area contributed by atoms with Crippen molar-refractivity contribution < 1.29 is 27.9 Å². The Hall–Kier alpha value is -3.10. The fourth-order valence-corrected chi connectivity index (χ4v) is 2.92. The van der Waals surface area contributed by atoms with Gasteiger partial charge in [-0.3, -0.25) is 4.79 Å². The topological polar surface area (TPSA) is 73.7 Å². The van der Waals surface area contributed by atoms with Crippen LogP contribution < -0.4 is 4.90 Å². The van der Waals surface area contributed by atoms with Gasteiger partial charge in [0.05, 0.1) is 5.56 Å². The highest BCUT2D eigenvalue weighted by atomic mass is 19.4. The summed E-state index contributed by atoms with van der Waals surface area (Å²) >= 11 is 0. The Morgan fingerprint density at radius 3 is 2.19 bits per heavy atom. The maximum absolute atomic E-state index is 12.6. The molecule has 142 valence electrons. The minimum atomic E-state index is -4.45. The number of piperazine rings is 1. The highest BCUT2D eigenvalue weighted by molar-refractivity contribution is 5.95. The summed E-state index contributed by atoms with van der Waals surface area (Å²) in [5, 5.41) is 9.25. The van der Waals surface area contributed by atoms with E-state index in [0.29, 0.717) is 32.0 Å². The maximum atomic E-state index is 12.6. The number of nitrogens with zero attached hydrogens (tertiary/aromatic N) is 3. The lowest BCUT2D eigenvalue weighted by molar-refractivity contribution is -0.137. The Morgan fingerprint density at radius 1 is 1.00 bits per heavy atom. The number of anilines is 1. The van der Waals surface area contributed by atoms with Crippen molar-refractivity contribution in [2.45, 2.75) is 6.18 Å². The third-order valence-electron chi connectivity index (χ3n) is 4.34. The number of carboxylic acids is 1. The second kappa shape index (κ2) is 7.26. The molecule has 9 heteroatoms. The predicted octanol–water partition coefficient (Wildman–Crippen LogP) is 2.76. The average molecular weight is 379 g/mol. The van der Waals surface area contributed by atoms with Gasteiger partial charge in [0.1, 0.15) is 11.4 Å². The van der Waals surface area contributed by atoms with Gasteiger partial charge in [-0.1, -0.05) is 0 Å².